The van der Waals surface area contributed by atoms with Crippen molar-refractivity contribution in [2.24, 2.45) is 0 Å². The normalized spacial score (nSPS) is 10.7. The number of aliphatic hydroxyl groups is 1. The average Bonchev–Trinajstić information content (AvgIpc) is 2.31. The van der Waals surface area contributed by atoms with Crippen molar-refractivity contribution in [3.8, 4) is 11.5 Å². The lowest BCUT2D eigenvalue weighted by atomic mass is 10.1. The van der Waals surface area contributed by atoms with Gasteiger partial charge in [-0.2, -0.15) is 0 Å². The van der Waals surface area contributed by atoms with Crippen molar-refractivity contribution in [3.05, 3.63) is 34.1 Å². The molecule has 0 fully saturated rings. The van der Waals surface area contributed by atoms with Gasteiger partial charge in [0.1, 0.15) is 11.5 Å². The van der Waals surface area contributed by atoms with Crippen molar-refractivity contribution >= 4 is 10.9 Å². The van der Waals surface area contributed by atoms with Crippen molar-refractivity contribution < 1.29 is 14.9 Å². The number of methoxy groups -OCH3 is 1. The minimum atomic E-state index is -0.283. The molecule has 0 spiro atoms. The molecule has 3 N–H and O–H groups in total. The molecule has 0 atom stereocenters. The van der Waals surface area contributed by atoms with Crippen molar-refractivity contribution in [3.63, 3.8) is 0 Å². The fraction of sp³-hybridized carbons (Fsp3) is 0.250. The molecule has 17 heavy (non-hydrogen) atoms. The van der Waals surface area contributed by atoms with Crippen LogP contribution in [0.25, 0.3) is 10.9 Å². The molecule has 1 heterocycles. The lowest BCUT2D eigenvalue weighted by molar-refractivity contribution is 0.296. The van der Waals surface area contributed by atoms with Crippen LogP contribution < -0.4 is 10.3 Å². The fourth-order valence-corrected chi connectivity index (χ4v) is 1.86. The van der Waals surface area contributed by atoms with E-state index in [2.05, 4.69) is 4.98 Å². The van der Waals surface area contributed by atoms with E-state index < -0.39 is 0 Å². The van der Waals surface area contributed by atoms with Crippen LogP contribution in [0.4, 0.5) is 0 Å². The number of rotatable bonds is 3. The van der Waals surface area contributed by atoms with Gasteiger partial charge in [0, 0.05) is 18.4 Å². The second-order valence-electron chi connectivity index (χ2n) is 3.67. The highest BCUT2D eigenvalue weighted by molar-refractivity contribution is 5.87. The van der Waals surface area contributed by atoms with E-state index in [9.17, 15) is 9.90 Å². The molecule has 0 saturated heterocycles. The van der Waals surface area contributed by atoms with Gasteiger partial charge in [-0.25, -0.2) is 0 Å². The number of pyridine rings is 1. The minimum Gasteiger partial charge on any atom is -0.508 e. The maximum absolute atomic E-state index is 11.8. The van der Waals surface area contributed by atoms with Crippen LogP contribution >= 0.6 is 0 Å². The third kappa shape index (κ3) is 1.97. The maximum Gasteiger partial charge on any atom is 0.255 e. The third-order valence-electron chi connectivity index (χ3n) is 2.61. The summed E-state index contributed by atoms with van der Waals surface area (Å²) >= 11 is 0. The predicted molar refractivity (Wildman–Crippen MR) is 63.6 cm³/mol. The number of phenols is 1. The Morgan fingerprint density at radius 3 is 2.82 bits per heavy atom. The Bertz CT molecular complexity index is 603. The topological polar surface area (TPSA) is 82.5 Å². The number of aromatic amines is 1. The molecule has 0 unspecified atom stereocenters. The summed E-state index contributed by atoms with van der Waals surface area (Å²) in [4.78, 5) is 14.5. The van der Waals surface area contributed by atoms with Crippen molar-refractivity contribution in [1.82, 2.24) is 4.98 Å². The molecule has 0 radical (unpaired) electrons. The highest BCUT2D eigenvalue weighted by atomic mass is 16.5. The summed E-state index contributed by atoms with van der Waals surface area (Å²) in [5, 5.41) is 19.0. The van der Waals surface area contributed by atoms with Gasteiger partial charge in [-0.1, -0.05) is 0 Å². The number of H-pyrrole nitrogens is 1. The molecule has 2 aromatic rings. The van der Waals surface area contributed by atoms with Crippen LogP contribution in [0, 0.1) is 0 Å². The van der Waals surface area contributed by atoms with Crippen LogP contribution in [0.15, 0.2) is 23.0 Å². The van der Waals surface area contributed by atoms with Crippen LogP contribution in [0.1, 0.15) is 5.56 Å². The molecule has 1 aromatic heterocycles. The Kier molecular flexibility index (Phi) is 3.01. The van der Waals surface area contributed by atoms with Gasteiger partial charge in [-0.3, -0.25) is 4.79 Å². The van der Waals surface area contributed by atoms with E-state index in [1.165, 1.54) is 19.2 Å². The zero-order chi connectivity index (χ0) is 12.4. The molecule has 0 amide bonds. The number of fused-ring (bicyclic) bond motifs is 1. The Morgan fingerprint density at radius 1 is 1.41 bits per heavy atom. The molecule has 0 saturated carbocycles. The molecule has 1 aromatic carbocycles. The van der Waals surface area contributed by atoms with Crippen LogP contribution in [0.3, 0.4) is 0 Å². The fourth-order valence-electron chi connectivity index (χ4n) is 1.86. The van der Waals surface area contributed by atoms with E-state index in [1.54, 1.807) is 6.07 Å². The van der Waals surface area contributed by atoms with Crippen molar-refractivity contribution in [1.29, 1.82) is 0 Å². The molecular weight excluding hydrogens is 222 g/mol. The first-order valence-electron chi connectivity index (χ1n) is 5.20. The largest absolute Gasteiger partial charge is 0.508 e. The van der Waals surface area contributed by atoms with Crippen molar-refractivity contribution in [2.45, 2.75) is 6.42 Å². The Balaban J connectivity index is 2.82. The van der Waals surface area contributed by atoms with Gasteiger partial charge < -0.3 is 19.9 Å². The van der Waals surface area contributed by atoms with Gasteiger partial charge in [0.2, 0.25) is 0 Å². The number of hydrogen-bond acceptors (Lipinski definition) is 4. The number of aromatic hydroxyl groups is 1. The number of hydrogen-bond donors (Lipinski definition) is 3. The molecule has 90 valence electrons. The zero-order valence-electron chi connectivity index (χ0n) is 9.36. The number of benzene rings is 1. The van der Waals surface area contributed by atoms with Crippen molar-refractivity contribution in [2.75, 3.05) is 13.7 Å². The summed E-state index contributed by atoms with van der Waals surface area (Å²) in [6.07, 6.45) is 0.212. The van der Waals surface area contributed by atoms with Gasteiger partial charge in [0.15, 0.2) is 0 Å². The summed E-state index contributed by atoms with van der Waals surface area (Å²) in [6, 6.07) is 4.62. The van der Waals surface area contributed by atoms with E-state index in [1.807, 2.05) is 0 Å². The van der Waals surface area contributed by atoms with Gasteiger partial charge in [0.05, 0.1) is 18.2 Å². The Morgan fingerprint density at radius 2 is 2.18 bits per heavy atom. The monoisotopic (exact) mass is 235 g/mol. The summed E-state index contributed by atoms with van der Waals surface area (Å²) in [6.45, 7) is -0.135. The molecule has 0 aliphatic heterocycles. The SMILES string of the molecule is COc1c(CCO)c(=O)[nH]c2ccc(O)cc12. The number of aromatic nitrogens is 1. The number of phenolic OH excluding ortho intramolecular Hbond substituents is 1. The lowest BCUT2D eigenvalue weighted by Crippen LogP contribution is -2.15. The molecule has 0 aliphatic carbocycles. The van der Waals surface area contributed by atoms with E-state index in [0.29, 0.717) is 22.2 Å². The number of nitrogens with one attached hydrogen (secondary N) is 1. The Labute approximate surface area is 97.3 Å². The first kappa shape index (κ1) is 11.5. The molecule has 5 heteroatoms. The second-order valence-corrected chi connectivity index (χ2v) is 3.67. The predicted octanol–water partition coefficient (Wildman–Crippen LogP) is 0.777. The van der Waals surface area contributed by atoms with E-state index in [0.717, 1.165) is 0 Å². The second kappa shape index (κ2) is 4.47. The van der Waals surface area contributed by atoms with Crippen LogP contribution in [-0.2, 0) is 6.42 Å². The molecular formula is C12H13NO4. The molecule has 2 rings (SSSR count). The van der Waals surface area contributed by atoms with E-state index >= 15 is 0 Å². The standard InChI is InChI=1S/C12H13NO4/c1-17-11-8(4-5-14)12(16)13-10-3-2-7(15)6-9(10)11/h2-3,6,14-15H,4-5H2,1H3,(H,13,16). The number of aliphatic hydroxyl groups excluding tert-OH is 1. The first-order chi connectivity index (χ1) is 8.17. The van der Waals surface area contributed by atoms with Gasteiger partial charge in [0.25, 0.3) is 5.56 Å². The van der Waals surface area contributed by atoms with Gasteiger partial charge in [-0.15, -0.1) is 0 Å². The average molecular weight is 235 g/mol. The molecule has 0 aliphatic rings. The smallest absolute Gasteiger partial charge is 0.255 e. The van der Waals surface area contributed by atoms with Gasteiger partial charge in [-0.05, 0) is 18.2 Å². The van der Waals surface area contributed by atoms with Crippen LogP contribution in [-0.4, -0.2) is 28.9 Å². The summed E-state index contributed by atoms with van der Waals surface area (Å²) < 4.78 is 5.20. The maximum atomic E-state index is 11.8. The van der Waals surface area contributed by atoms with Gasteiger partial charge >= 0.3 is 0 Å². The van der Waals surface area contributed by atoms with Crippen LogP contribution in [0.5, 0.6) is 11.5 Å². The highest BCUT2D eigenvalue weighted by Crippen LogP contribution is 2.28. The summed E-state index contributed by atoms with van der Waals surface area (Å²) in [5.41, 5.74) is 0.688. The highest BCUT2D eigenvalue weighted by Gasteiger charge is 2.13. The van der Waals surface area contributed by atoms with Crippen LogP contribution in [0.2, 0.25) is 0 Å². The number of ether oxygens (including phenoxy) is 1. The summed E-state index contributed by atoms with van der Waals surface area (Å²) in [5.74, 6) is 0.492. The lowest BCUT2D eigenvalue weighted by Gasteiger charge is -2.10. The minimum absolute atomic E-state index is 0.0952. The van der Waals surface area contributed by atoms with E-state index in [4.69, 9.17) is 9.84 Å². The molecule has 5 nitrogen and oxygen atoms in total. The summed E-state index contributed by atoms with van der Waals surface area (Å²) in [7, 11) is 1.46. The molecule has 0 bridgehead atoms. The third-order valence-corrected chi connectivity index (χ3v) is 2.61. The quantitative estimate of drug-likeness (QED) is 0.734. The Hall–Kier alpha value is -2.01. The zero-order valence-corrected chi connectivity index (χ0v) is 9.36. The van der Waals surface area contributed by atoms with E-state index in [-0.39, 0.29) is 24.3 Å². The first-order valence-corrected chi connectivity index (χ1v) is 5.20.